The largest absolute Gasteiger partial charge is 0.493 e. The number of carbonyl (C=O) groups is 1. The van der Waals surface area contributed by atoms with Crippen LogP contribution in [0.5, 0.6) is 11.5 Å². The van der Waals surface area contributed by atoms with Crippen molar-refractivity contribution in [2.75, 3.05) is 50.1 Å². The Balaban J connectivity index is 1.34. The molecular weight excluding hydrogens is 418 g/mol. The number of nitrogens with one attached hydrogen (secondary N) is 1. The van der Waals surface area contributed by atoms with Crippen molar-refractivity contribution in [1.82, 2.24) is 14.9 Å². The lowest BCUT2D eigenvalue weighted by atomic mass is 10.2. The normalized spacial score (nSPS) is 13.5. The summed E-state index contributed by atoms with van der Waals surface area (Å²) in [5, 5.41) is 3.35. The highest BCUT2D eigenvalue weighted by Crippen LogP contribution is 2.26. The summed E-state index contributed by atoms with van der Waals surface area (Å²) in [6, 6.07) is 17.5. The molecule has 1 N–H and O–H groups in total. The second-order valence-corrected chi connectivity index (χ2v) is 7.96. The molecule has 0 radical (unpaired) electrons. The van der Waals surface area contributed by atoms with Gasteiger partial charge in [-0.3, -0.25) is 4.79 Å². The molecule has 3 aromatic rings. The van der Waals surface area contributed by atoms with Gasteiger partial charge >= 0.3 is 0 Å². The van der Waals surface area contributed by atoms with E-state index >= 15 is 0 Å². The number of anilines is 3. The van der Waals surface area contributed by atoms with E-state index in [4.69, 9.17) is 9.47 Å². The Kier molecular flexibility index (Phi) is 6.92. The summed E-state index contributed by atoms with van der Waals surface area (Å²) in [5.74, 6) is 3.45. The van der Waals surface area contributed by atoms with Crippen molar-refractivity contribution < 1.29 is 14.3 Å². The Labute approximate surface area is 194 Å². The Morgan fingerprint density at radius 2 is 1.67 bits per heavy atom. The molecular formula is C25H29N5O3. The summed E-state index contributed by atoms with van der Waals surface area (Å²) in [6.45, 7) is 6.54. The van der Waals surface area contributed by atoms with Crippen molar-refractivity contribution >= 4 is 23.2 Å². The van der Waals surface area contributed by atoms with Gasteiger partial charge in [-0.15, -0.1) is 0 Å². The lowest BCUT2D eigenvalue weighted by molar-refractivity contribution is -0.133. The lowest BCUT2D eigenvalue weighted by Gasteiger charge is -2.35. The van der Waals surface area contributed by atoms with E-state index in [2.05, 4.69) is 39.2 Å². The van der Waals surface area contributed by atoms with Gasteiger partial charge in [0.05, 0.1) is 7.11 Å². The number of methoxy groups -OCH3 is 1. The Morgan fingerprint density at radius 1 is 0.970 bits per heavy atom. The van der Waals surface area contributed by atoms with E-state index in [0.717, 1.165) is 17.3 Å². The number of ether oxygens (including phenoxy) is 2. The smallest absolute Gasteiger partial charge is 0.260 e. The molecule has 0 atom stereocenters. The number of nitrogens with zero attached hydrogens (tertiary/aromatic N) is 4. The average molecular weight is 448 g/mol. The number of aryl methyl sites for hydroxylation is 2. The molecule has 0 aliphatic carbocycles. The second-order valence-electron chi connectivity index (χ2n) is 7.96. The van der Waals surface area contributed by atoms with Gasteiger partial charge in [0.2, 0.25) is 0 Å². The van der Waals surface area contributed by atoms with Crippen LogP contribution in [-0.4, -0.2) is 60.7 Å². The van der Waals surface area contributed by atoms with Crippen LogP contribution in [0, 0.1) is 13.8 Å². The number of piperazine rings is 1. The summed E-state index contributed by atoms with van der Waals surface area (Å²) >= 11 is 0. The Hall–Kier alpha value is -3.81. The number of benzene rings is 2. The van der Waals surface area contributed by atoms with Gasteiger partial charge in [0.15, 0.2) is 18.1 Å². The van der Waals surface area contributed by atoms with E-state index in [-0.39, 0.29) is 12.5 Å². The van der Waals surface area contributed by atoms with E-state index in [1.165, 1.54) is 5.56 Å². The van der Waals surface area contributed by atoms with Crippen LogP contribution in [-0.2, 0) is 4.79 Å². The molecule has 8 nitrogen and oxygen atoms in total. The monoisotopic (exact) mass is 447 g/mol. The molecule has 172 valence electrons. The first-order valence-electron chi connectivity index (χ1n) is 11.0. The van der Waals surface area contributed by atoms with Crippen molar-refractivity contribution in [3.05, 3.63) is 66.0 Å². The molecule has 0 bridgehead atoms. The molecule has 4 rings (SSSR count). The number of aromatic nitrogens is 2. The zero-order valence-corrected chi connectivity index (χ0v) is 19.2. The van der Waals surface area contributed by atoms with Crippen molar-refractivity contribution in [3.63, 3.8) is 0 Å². The minimum atomic E-state index is -0.0406. The highest BCUT2D eigenvalue weighted by Gasteiger charge is 2.23. The molecule has 33 heavy (non-hydrogen) atoms. The van der Waals surface area contributed by atoms with Gasteiger partial charge in [0.1, 0.15) is 17.5 Å². The Morgan fingerprint density at radius 3 is 2.36 bits per heavy atom. The number of carbonyl (C=O) groups excluding carboxylic acids is 1. The quantitative estimate of drug-likeness (QED) is 0.593. The van der Waals surface area contributed by atoms with Crippen molar-refractivity contribution in [2.24, 2.45) is 0 Å². The Bertz CT molecular complexity index is 1100. The SMILES string of the molecule is COc1ccccc1OCC(=O)N1CCN(c2cc(Nc3ccc(C)cc3)nc(C)n2)CC1. The van der Waals surface area contributed by atoms with Crippen molar-refractivity contribution in [3.8, 4) is 11.5 Å². The first-order chi connectivity index (χ1) is 16.0. The van der Waals surface area contributed by atoms with Crippen LogP contribution in [0.15, 0.2) is 54.6 Å². The van der Waals surface area contributed by atoms with Crippen LogP contribution in [0.4, 0.5) is 17.3 Å². The number of amides is 1. The highest BCUT2D eigenvalue weighted by atomic mass is 16.5. The highest BCUT2D eigenvalue weighted by molar-refractivity contribution is 5.78. The maximum absolute atomic E-state index is 12.7. The standard InChI is InChI=1S/C25H29N5O3/c1-18-8-10-20(11-9-18)28-23-16-24(27-19(2)26-23)29-12-14-30(15-13-29)25(31)17-33-22-7-5-4-6-21(22)32-3/h4-11,16H,12-15,17H2,1-3H3,(H,26,27,28). The fourth-order valence-corrected chi connectivity index (χ4v) is 3.72. The molecule has 2 aromatic carbocycles. The van der Waals surface area contributed by atoms with Gasteiger partial charge in [0, 0.05) is 37.9 Å². The van der Waals surface area contributed by atoms with E-state index in [0.29, 0.717) is 43.5 Å². The third-order valence-corrected chi connectivity index (χ3v) is 5.52. The van der Waals surface area contributed by atoms with E-state index < -0.39 is 0 Å². The zero-order valence-electron chi connectivity index (χ0n) is 19.2. The molecule has 1 aliphatic rings. The molecule has 1 saturated heterocycles. The predicted octanol–water partition coefficient (Wildman–Crippen LogP) is 3.57. The molecule has 2 heterocycles. The molecule has 1 aromatic heterocycles. The molecule has 0 unspecified atom stereocenters. The predicted molar refractivity (Wildman–Crippen MR) is 129 cm³/mol. The number of hydrogen-bond donors (Lipinski definition) is 1. The average Bonchev–Trinajstić information content (AvgIpc) is 2.84. The van der Waals surface area contributed by atoms with E-state index in [1.807, 2.05) is 48.2 Å². The minimum Gasteiger partial charge on any atom is -0.493 e. The van der Waals surface area contributed by atoms with Crippen LogP contribution in [0.1, 0.15) is 11.4 Å². The fourth-order valence-electron chi connectivity index (χ4n) is 3.72. The molecule has 1 fully saturated rings. The first-order valence-corrected chi connectivity index (χ1v) is 11.0. The van der Waals surface area contributed by atoms with Crippen molar-refractivity contribution in [2.45, 2.75) is 13.8 Å². The lowest BCUT2D eigenvalue weighted by Crippen LogP contribution is -2.50. The summed E-state index contributed by atoms with van der Waals surface area (Å²) < 4.78 is 11.0. The third kappa shape index (κ3) is 5.71. The fraction of sp³-hybridized carbons (Fsp3) is 0.320. The van der Waals surface area contributed by atoms with Gasteiger partial charge in [-0.1, -0.05) is 29.8 Å². The summed E-state index contributed by atoms with van der Waals surface area (Å²) in [7, 11) is 1.58. The van der Waals surface area contributed by atoms with Crippen LogP contribution >= 0.6 is 0 Å². The molecule has 0 saturated carbocycles. The first kappa shape index (κ1) is 22.4. The maximum Gasteiger partial charge on any atom is 0.260 e. The topological polar surface area (TPSA) is 79.8 Å². The van der Waals surface area contributed by atoms with Gasteiger partial charge in [-0.05, 0) is 38.1 Å². The summed E-state index contributed by atoms with van der Waals surface area (Å²) in [6.07, 6.45) is 0. The van der Waals surface area contributed by atoms with Crippen LogP contribution < -0.4 is 19.7 Å². The van der Waals surface area contributed by atoms with E-state index in [9.17, 15) is 4.79 Å². The van der Waals surface area contributed by atoms with Crippen LogP contribution in [0.25, 0.3) is 0 Å². The minimum absolute atomic E-state index is 0.0163. The molecule has 1 amide bonds. The number of hydrogen-bond acceptors (Lipinski definition) is 7. The molecule has 1 aliphatic heterocycles. The zero-order chi connectivity index (χ0) is 23.2. The maximum atomic E-state index is 12.7. The van der Waals surface area contributed by atoms with Crippen molar-refractivity contribution in [1.29, 1.82) is 0 Å². The molecule has 8 heteroatoms. The third-order valence-electron chi connectivity index (χ3n) is 5.52. The van der Waals surface area contributed by atoms with Gasteiger partial charge < -0.3 is 24.6 Å². The van der Waals surface area contributed by atoms with Gasteiger partial charge in [-0.2, -0.15) is 0 Å². The van der Waals surface area contributed by atoms with Gasteiger partial charge in [0.25, 0.3) is 5.91 Å². The summed E-state index contributed by atoms with van der Waals surface area (Å²) in [5.41, 5.74) is 2.19. The molecule has 0 spiro atoms. The number of para-hydroxylation sites is 2. The summed E-state index contributed by atoms with van der Waals surface area (Å²) in [4.78, 5) is 25.8. The second kappa shape index (κ2) is 10.2. The number of rotatable bonds is 7. The van der Waals surface area contributed by atoms with E-state index in [1.54, 1.807) is 13.2 Å². The van der Waals surface area contributed by atoms with Crippen LogP contribution in [0.2, 0.25) is 0 Å². The van der Waals surface area contributed by atoms with Gasteiger partial charge in [-0.25, -0.2) is 9.97 Å². The van der Waals surface area contributed by atoms with Crippen LogP contribution in [0.3, 0.4) is 0 Å².